The molecular weight excluding hydrogens is 440 g/mol. The summed E-state index contributed by atoms with van der Waals surface area (Å²) < 4.78 is 22.0. The van der Waals surface area contributed by atoms with Crippen LogP contribution in [0, 0.1) is 10.1 Å². The maximum atomic E-state index is 13.7. The summed E-state index contributed by atoms with van der Waals surface area (Å²) in [5.74, 6) is 0.682. The van der Waals surface area contributed by atoms with Gasteiger partial charge >= 0.3 is 0 Å². The van der Waals surface area contributed by atoms with Gasteiger partial charge in [-0.25, -0.2) is 4.98 Å². The number of Topliss-reactive ketones (excluding diaryl/α,β-unsaturated/α-hetero) is 1. The highest BCUT2D eigenvalue weighted by molar-refractivity contribution is 6.31. The van der Waals surface area contributed by atoms with E-state index in [1.54, 1.807) is 36.4 Å². The fourth-order valence-corrected chi connectivity index (χ4v) is 3.44. The summed E-state index contributed by atoms with van der Waals surface area (Å²) in [6.45, 7) is 0. The second-order valence-electron chi connectivity index (χ2n) is 7.14. The van der Waals surface area contributed by atoms with Crippen molar-refractivity contribution in [3.05, 3.63) is 87.8 Å². The van der Waals surface area contributed by atoms with Crippen LogP contribution in [-0.4, -0.2) is 37.0 Å². The Hall–Kier alpha value is -4.66. The Labute approximate surface area is 194 Å². The number of hydrogen-bond donors (Lipinski definition) is 0. The van der Waals surface area contributed by atoms with Crippen LogP contribution in [0.3, 0.4) is 0 Å². The molecule has 9 nitrogen and oxygen atoms in total. The molecule has 9 heteroatoms. The number of ketones is 1. The molecule has 0 aliphatic rings. The van der Waals surface area contributed by atoms with Crippen LogP contribution in [0.1, 0.15) is 21.8 Å². The van der Waals surface area contributed by atoms with Gasteiger partial charge in [0.2, 0.25) is 11.6 Å². The average Bonchev–Trinajstić information content (AvgIpc) is 3.30. The van der Waals surface area contributed by atoms with E-state index in [9.17, 15) is 14.9 Å². The number of methoxy groups -OCH3 is 3. The number of fused-ring (bicyclic) bond motifs is 1. The summed E-state index contributed by atoms with van der Waals surface area (Å²) in [7, 11) is 4.39. The number of non-ortho nitro benzene ring substituents is 1. The number of benzene rings is 3. The van der Waals surface area contributed by atoms with Gasteiger partial charge in [-0.3, -0.25) is 14.9 Å². The van der Waals surface area contributed by atoms with Crippen LogP contribution >= 0.6 is 0 Å². The van der Waals surface area contributed by atoms with E-state index >= 15 is 0 Å². The average molecular weight is 460 g/mol. The van der Waals surface area contributed by atoms with Crippen LogP contribution < -0.4 is 14.2 Å². The third kappa shape index (κ3) is 4.31. The molecule has 0 unspecified atom stereocenters. The minimum Gasteiger partial charge on any atom is -0.493 e. The van der Waals surface area contributed by atoms with E-state index < -0.39 is 10.7 Å². The van der Waals surface area contributed by atoms with Crippen LogP contribution in [-0.2, 0) is 0 Å². The molecule has 0 fully saturated rings. The zero-order chi connectivity index (χ0) is 24.2. The first-order valence-corrected chi connectivity index (χ1v) is 10.1. The van der Waals surface area contributed by atoms with Crippen LogP contribution in [0.25, 0.3) is 22.7 Å². The number of nitro groups is 1. The summed E-state index contributed by atoms with van der Waals surface area (Å²) in [4.78, 5) is 28.7. The van der Waals surface area contributed by atoms with E-state index in [0.29, 0.717) is 33.9 Å². The zero-order valence-corrected chi connectivity index (χ0v) is 18.6. The molecule has 0 radical (unpaired) electrons. The first kappa shape index (κ1) is 22.5. The summed E-state index contributed by atoms with van der Waals surface area (Å²) in [6, 6.07) is 16.0. The lowest BCUT2D eigenvalue weighted by Crippen LogP contribution is -2.05. The Kier molecular flexibility index (Phi) is 6.26. The van der Waals surface area contributed by atoms with Crippen molar-refractivity contribution in [2.75, 3.05) is 21.3 Å². The predicted octanol–water partition coefficient (Wildman–Crippen LogP) is 5.19. The smallest absolute Gasteiger partial charge is 0.269 e. The van der Waals surface area contributed by atoms with E-state index in [2.05, 4.69) is 4.98 Å². The van der Waals surface area contributed by atoms with Gasteiger partial charge in [0.15, 0.2) is 22.9 Å². The first-order valence-electron chi connectivity index (χ1n) is 10.1. The van der Waals surface area contributed by atoms with Crippen molar-refractivity contribution >= 4 is 34.2 Å². The number of oxazole rings is 1. The number of allylic oxidation sites excluding steroid dienone is 1. The maximum absolute atomic E-state index is 13.7. The Morgan fingerprint density at radius 3 is 2.18 bits per heavy atom. The molecule has 4 aromatic rings. The lowest BCUT2D eigenvalue weighted by atomic mass is 9.99. The molecule has 172 valence electrons. The molecule has 0 saturated carbocycles. The number of rotatable bonds is 8. The van der Waals surface area contributed by atoms with Crippen molar-refractivity contribution in [3.8, 4) is 17.2 Å². The number of hydrogen-bond acceptors (Lipinski definition) is 8. The molecule has 0 N–H and O–H groups in total. The number of carbonyl (C=O) groups excluding carboxylic acids is 1. The molecule has 0 spiro atoms. The Morgan fingerprint density at radius 1 is 0.971 bits per heavy atom. The highest BCUT2D eigenvalue weighted by Gasteiger charge is 2.24. The predicted molar refractivity (Wildman–Crippen MR) is 125 cm³/mol. The van der Waals surface area contributed by atoms with Crippen molar-refractivity contribution in [1.82, 2.24) is 4.98 Å². The molecular formula is C25H20N2O7. The van der Waals surface area contributed by atoms with E-state index in [1.165, 1.54) is 45.6 Å². The third-order valence-electron chi connectivity index (χ3n) is 5.11. The van der Waals surface area contributed by atoms with Crippen molar-refractivity contribution in [2.45, 2.75) is 0 Å². The van der Waals surface area contributed by atoms with Gasteiger partial charge in [0.25, 0.3) is 5.69 Å². The molecule has 1 aromatic heterocycles. The molecule has 0 aliphatic heterocycles. The van der Waals surface area contributed by atoms with Gasteiger partial charge in [-0.1, -0.05) is 12.1 Å². The summed E-state index contributed by atoms with van der Waals surface area (Å²) in [5, 5.41) is 11.0. The number of carbonyl (C=O) groups is 1. The largest absolute Gasteiger partial charge is 0.493 e. The topological polar surface area (TPSA) is 114 Å². The second kappa shape index (κ2) is 9.45. The first-order chi connectivity index (χ1) is 16.4. The van der Waals surface area contributed by atoms with E-state index in [0.717, 1.165) is 0 Å². The van der Waals surface area contributed by atoms with Gasteiger partial charge in [-0.15, -0.1) is 0 Å². The van der Waals surface area contributed by atoms with Gasteiger partial charge in [-0.2, -0.15) is 0 Å². The van der Waals surface area contributed by atoms with Crippen molar-refractivity contribution in [2.24, 2.45) is 0 Å². The monoisotopic (exact) mass is 460 g/mol. The van der Waals surface area contributed by atoms with Gasteiger partial charge in [0, 0.05) is 17.7 Å². The summed E-state index contributed by atoms with van der Waals surface area (Å²) >= 11 is 0. The molecule has 4 rings (SSSR count). The maximum Gasteiger partial charge on any atom is 0.269 e. The quantitative estimate of drug-likeness (QED) is 0.153. The standard InChI is InChI=1S/C25H20N2O7/c1-31-21-13-16(14-22(32-2)24(21)33-3)23(28)18(12-15-8-10-17(11-9-15)27(29)30)25-26-19-6-4-5-7-20(19)34-25/h4-14H,1-3H3. The Balaban J connectivity index is 1.87. The summed E-state index contributed by atoms with van der Waals surface area (Å²) in [6.07, 6.45) is 1.57. The second-order valence-corrected chi connectivity index (χ2v) is 7.14. The van der Waals surface area contributed by atoms with E-state index in [1.807, 2.05) is 6.07 Å². The molecule has 1 heterocycles. The minimum atomic E-state index is -0.490. The van der Waals surface area contributed by atoms with Crippen molar-refractivity contribution in [3.63, 3.8) is 0 Å². The number of aromatic nitrogens is 1. The molecule has 0 amide bonds. The van der Waals surface area contributed by atoms with Crippen LogP contribution in [0.2, 0.25) is 0 Å². The van der Waals surface area contributed by atoms with Gasteiger partial charge in [0.05, 0.1) is 31.8 Å². The molecule has 34 heavy (non-hydrogen) atoms. The number of nitro benzene ring substituents is 1. The van der Waals surface area contributed by atoms with E-state index in [4.69, 9.17) is 18.6 Å². The fourth-order valence-electron chi connectivity index (χ4n) is 3.44. The highest BCUT2D eigenvalue weighted by atomic mass is 16.6. The molecule has 0 aliphatic carbocycles. The van der Waals surface area contributed by atoms with E-state index in [-0.39, 0.29) is 22.7 Å². The lowest BCUT2D eigenvalue weighted by molar-refractivity contribution is -0.384. The third-order valence-corrected chi connectivity index (χ3v) is 5.11. The molecule has 0 atom stereocenters. The van der Waals surface area contributed by atoms with Gasteiger partial charge < -0.3 is 18.6 Å². The zero-order valence-electron chi connectivity index (χ0n) is 18.6. The fraction of sp³-hybridized carbons (Fsp3) is 0.120. The number of para-hydroxylation sites is 2. The SMILES string of the molecule is COc1cc(C(=O)C(=Cc2ccc([N+](=O)[O-])cc2)c2nc3ccccc3o2)cc(OC)c1OC. The molecule has 0 saturated heterocycles. The van der Waals surface area contributed by atoms with Crippen LogP contribution in [0.15, 0.2) is 65.1 Å². The van der Waals surface area contributed by atoms with Crippen LogP contribution in [0.4, 0.5) is 5.69 Å². The van der Waals surface area contributed by atoms with Gasteiger partial charge in [-0.05, 0) is 48.0 Å². The van der Waals surface area contributed by atoms with Crippen molar-refractivity contribution < 1.29 is 28.3 Å². The van der Waals surface area contributed by atoms with Crippen LogP contribution in [0.5, 0.6) is 17.2 Å². The Morgan fingerprint density at radius 2 is 1.62 bits per heavy atom. The molecule has 0 bridgehead atoms. The number of ether oxygens (including phenoxy) is 3. The highest BCUT2D eigenvalue weighted by Crippen LogP contribution is 2.39. The molecule has 3 aromatic carbocycles. The van der Waals surface area contributed by atoms with Gasteiger partial charge in [0.1, 0.15) is 5.52 Å². The lowest BCUT2D eigenvalue weighted by Gasteiger charge is -2.14. The number of nitrogens with zero attached hydrogens (tertiary/aromatic N) is 2. The Bertz CT molecular complexity index is 1350. The summed E-state index contributed by atoms with van der Waals surface area (Å²) in [5.41, 5.74) is 2.01. The normalized spacial score (nSPS) is 11.3. The minimum absolute atomic E-state index is 0.0588. The van der Waals surface area contributed by atoms with Crippen molar-refractivity contribution in [1.29, 1.82) is 0 Å².